The summed E-state index contributed by atoms with van der Waals surface area (Å²) in [7, 11) is 0. The van der Waals surface area contributed by atoms with E-state index in [9.17, 15) is 9.59 Å². The summed E-state index contributed by atoms with van der Waals surface area (Å²) in [5.41, 5.74) is 0. The Labute approximate surface area is 97.4 Å². The molecule has 0 radical (unpaired) electrons. The summed E-state index contributed by atoms with van der Waals surface area (Å²) >= 11 is 0. The van der Waals surface area contributed by atoms with E-state index < -0.39 is 0 Å². The summed E-state index contributed by atoms with van der Waals surface area (Å²) in [6.07, 6.45) is 3.93. The molecule has 1 N–H and O–H groups in total. The summed E-state index contributed by atoms with van der Waals surface area (Å²) in [5.74, 6) is 0.283. The molecule has 1 saturated heterocycles. The van der Waals surface area contributed by atoms with Crippen LogP contribution in [0.25, 0.3) is 0 Å². The molecule has 16 heavy (non-hydrogen) atoms. The lowest BCUT2D eigenvalue weighted by Gasteiger charge is -2.34. The van der Waals surface area contributed by atoms with Crippen molar-refractivity contribution >= 4 is 11.7 Å². The van der Waals surface area contributed by atoms with E-state index in [0.29, 0.717) is 19.5 Å². The molecule has 0 spiro atoms. The number of rotatable bonds is 5. The Balaban J connectivity index is 2.46. The van der Waals surface area contributed by atoms with Crippen LogP contribution in [0, 0.1) is 0 Å². The van der Waals surface area contributed by atoms with Gasteiger partial charge in [0, 0.05) is 19.0 Å². The van der Waals surface area contributed by atoms with Crippen molar-refractivity contribution in [3.05, 3.63) is 0 Å². The van der Waals surface area contributed by atoms with Crippen molar-refractivity contribution < 1.29 is 9.59 Å². The van der Waals surface area contributed by atoms with Crippen LogP contribution in [0.15, 0.2) is 0 Å². The van der Waals surface area contributed by atoms with Gasteiger partial charge in [-0.3, -0.25) is 14.5 Å². The van der Waals surface area contributed by atoms with E-state index in [4.69, 9.17) is 0 Å². The Morgan fingerprint density at radius 3 is 2.75 bits per heavy atom. The summed E-state index contributed by atoms with van der Waals surface area (Å²) in [5, 5.41) is 2.80. The van der Waals surface area contributed by atoms with E-state index in [1.165, 1.54) is 6.42 Å². The zero-order valence-electron chi connectivity index (χ0n) is 10.3. The smallest absolute Gasteiger partial charge is 0.234 e. The summed E-state index contributed by atoms with van der Waals surface area (Å²) in [6, 6.07) is 0.272. The van der Waals surface area contributed by atoms with E-state index in [1.54, 1.807) is 6.92 Å². The third-order valence-corrected chi connectivity index (χ3v) is 2.99. The Hall–Kier alpha value is -0.900. The molecular formula is C12H22N2O2. The van der Waals surface area contributed by atoms with Crippen LogP contribution >= 0.6 is 0 Å². The molecule has 4 nitrogen and oxygen atoms in total. The molecule has 1 aliphatic heterocycles. The number of carbonyl (C=O) groups excluding carboxylic acids is 2. The lowest BCUT2D eigenvalue weighted by molar-refractivity contribution is -0.125. The third kappa shape index (κ3) is 4.31. The number of likely N-dealkylation sites (tertiary alicyclic amines) is 1. The van der Waals surface area contributed by atoms with Gasteiger partial charge in [0.2, 0.25) is 5.91 Å². The third-order valence-electron chi connectivity index (χ3n) is 2.99. The quantitative estimate of drug-likeness (QED) is 0.759. The van der Waals surface area contributed by atoms with Crippen LogP contribution in [0.4, 0.5) is 0 Å². The number of carbonyl (C=O) groups is 2. The number of piperidine rings is 1. The Morgan fingerprint density at radius 1 is 1.38 bits per heavy atom. The van der Waals surface area contributed by atoms with Crippen LogP contribution in [0.1, 0.15) is 39.5 Å². The largest absolute Gasteiger partial charge is 0.355 e. The first-order valence-corrected chi connectivity index (χ1v) is 6.13. The minimum atomic E-state index is 0.0675. The summed E-state index contributed by atoms with van der Waals surface area (Å²) in [4.78, 5) is 24.8. The number of nitrogens with zero attached hydrogens (tertiary/aromatic N) is 1. The zero-order chi connectivity index (χ0) is 12.0. The Bertz CT molecular complexity index is 253. The second-order valence-corrected chi connectivity index (χ2v) is 4.48. The molecule has 0 saturated carbocycles. The molecule has 0 aromatic heterocycles. The van der Waals surface area contributed by atoms with Crippen LogP contribution in [0.3, 0.4) is 0 Å². The Morgan fingerprint density at radius 2 is 2.12 bits per heavy atom. The highest BCUT2D eigenvalue weighted by molar-refractivity contribution is 5.78. The van der Waals surface area contributed by atoms with Gasteiger partial charge in [-0.2, -0.15) is 0 Å². The molecule has 1 unspecified atom stereocenters. The van der Waals surface area contributed by atoms with Crippen LogP contribution in [0.2, 0.25) is 0 Å². The Kier molecular flexibility index (Phi) is 5.46. The highest BCUT2D eigenvalue weighted by atomic mass is 16.2. The fourth-order valence-electron chi connectivity index (χ4n) is 2.27. The van der Waals surface area contributed by atoms with E-state index in [0.717, 1.165) is 19.4 Å². The van der Waals surface area contributed by atoms with Crippen molar-refractivity contribution in [3.8, 4) is 0 Å². The molecule has 92 valence electrons. The average molecular weight is 226 g/mol. The van der Waals surface area contributed by atoms with Crippen molar-refractivity contribution in [1.82, 2.24) is 10.2 Å². The molecular weight excluding hydrogens is 204 g/mol. The van der Waals surface area contributed by atoms with Gasteiger partial charge in [-0.25, -0.2) is 0 Å². The maximum Gasteiger partial charge on any atom is 0.234 e. The van der Waals surface area contributed by atoms with Crippen molar-refractivity contribution in [1.29, 1.82) is 0 Å². The van der Waals surface area contributed by atoms with Gasteiger partial charge in [-0.1, -0.05) is 6.42 Å². The van der Waals surface area contributed by atoms with Crippen molar-refractivity contribution in [3.63, 3.8) is 0 Å². The fourth-order valence-corrected chi connectivity index (χ4v) is 2.27. The van der Waals surface area contributed by atoms with Gasteiger partial charge in [-0.15, -0.1) is 0 Å². The van der Waals surface area contributed by atoms with Crippen LogP contribution in [0.5, 0.6) is 0 Å². The van der Waals surface area contributed by atoms with E-state index in [2.05, 4.69) is 10.2 Å². The predicted octanol–water partition coefficient (Wildman–Crippen LogP) is 0.956. The van der Waals surface area contributed by atoms with Gasteiger partial charge in [0.1, 0.15) is 5.78 Å². The minimum Gasteiger partial charge on any atom is -0.355 e. The van der Waals surface area contributed by atoms with E-state index >= 15 is 0 Å². The van der Waals surface area contributed by atoms with Gasteiger partial charge >= 0.3 is 0 Å². The number of Topliss-reactive ketones (excluding diaryl/α,β-unsaturated/α-hetero) is 1. The van der Waals surface area contributed by atoms with Crippen molar-refractivity contribution in [2.45, 2.75) is 45.6 Å². The molecule has 1 heterocycles. The number of ketones is 1. The van der Waals surface area contributed by atoms with Gasteiger partial charge in [0.05, 0.1) is 6.54 Å². The lowest BCUT2D eigenvalue weighted by atomic mass is 9.98. The second-order valence-electron chi connectivity index (χ2n) is 4.48. The molecule has 4 heteroatoms. The first-order valence-electron chi connectivity index (χ1n) is 6.13. The normalized spacial score (nSPS) is 21.8. The van der Waals surface area contributed by atoms with Crippen LogP contribution in [-0.2, 0) is 9.59 Å². The fraction of sp³-hybridized carbons (Fsp3) is 0.833. The molecule has 1 aliphatic rings. The first kappa shape index (κ1) is 13.2. The molecule has 0 aromatic carbocycles. The first-order chi connectivity index (χ1) is 7.63. The second kappa shape index (κ2) is 6.63. The number of amides is 1. The molecule has 1 rings (SSSR count). The summed E-state index contributed by atoms with van der Waals surface area (Å²) < 4.78 is 0. The van der Waals surface area contributed by atoms with Gasteiger partial charge in [0.25, 0.3) is 0 Å². The highest BCUT2D eigenvalue weighted by Gasteiger charge is 2.24. The maximum atomic E-state index is 11.5. The number of hydrogen-bond acceptors (Lipinski definition) is 3. The zero-order valence-corrected chi connectivity index (χ0v) is 10.3. The standard InChI is InChI=1S/C12H22N2O2/c1-3-13-12(16)9-14-7-5-4-6-11(14)8-10(2)15/h11H,3-9H2,1-2H3,(H,13,16). The minimum absolute atomic E-state index is 0.0675. The molecule has 1 atom stereocenters. The van der Waals surface area contributed by atoms with Gasteiger partial charge in [0.15, 0.2) is 0 Å². The van der Waals surface area contributed by atoms with E-state index in [-0.39, 0.29) is 17.7 Å². The summed E-state index contributed by atoms with van der Waals surface area (Å²) in [6.45, 7) is 5.59. The lowest BCUT2D eigenvalue weighted by Crippen LogP contribution is -2.46. The molecule has 1 amide bonds. The molecule has 0 bridgehead atoms. The van der Waals surface area contributed by atoms with E-state index in [1.807, 2.05) is 6.92 Å². The number of nitrogens with one attached hydrogen (secondary N) is 1. The monoisotopic (exact) mass is 226 g/mol. The van der Waals surface area contributed by atoms with Crippen molar-refractivity contribution in [2.24, 2.45) is 0 Å². The van der Waals surface area contributed by atoms with Crippen molar-refractivity contribution in [2.75, 3.05) is 19.6 Å². The SMILES string of the molecule is CCNC(=O)CN1CCCCC1CC(C)=O. The van der Waals surface area contributed by atoms with Gasteiger partial charge in [-0.05, 0) is 33.2 Å². The van der Waals surface area contributed by atoms with Gasteiger partial charge < -0.3 is 5.32 Å². The number of likely N-dealkylation sites (N-methyl/N-ethyl adjacent to an activating group) is 1. The highest BCUT2D eigenvalue weighted by Crippen LogP contribution is 2.19. The molecule has 0 aliphatic carbocycles. The molecule has 1 fully saturated rings. The van der Waals surface area contributed by atoms with Crippen LogP contribution in [-0.4, -0.2) is 42.3 Å². The van der Waals surface area contributed by atoms with Crippen LogP contribution < -0.4 is 5.32 Å². The predicted molar refractivity (Wildman–Crippen MR) is 63.2 cm³/mol. The topological polar surface area (TPSA) is 49.4 Å². The number of hydrogen-bond donors (Lipinski definition) is 1. The molecule has 0 aromatic rings. The average Bonchev–Trinajstić information content (AvgIpc) is 2.20. The maximum absolute atomic E-state index is 11.5.